The third-order valence-electron chi connectivity index (χ3n) is 6.60. The summed E-state index contributed by atoms with van der Waals surface area (Å²) in [5.74, 6) is 0.370. The summed E-state index contributed by atoms with van der Waals surface area (Å²) in [6.45, 7) is 9.35. The van der Waals surface area contributed by atoms with Crippen molar-refractivity contribution in [1.29, 1.82) is 0 Å². The molecule has 1 amide bonds. The predicted octanol–water partition coefficient (Wildman–Crippen LogP) is 0.306. The zero-order valence-corrected chi connectivity index (χ0v) is 19.5. The number of aromatic nitrogens is 2. The second kappa shape index (κ2) is 7.28. The average Bonchev–Trinajstić information content (AvgIpc) is 3.11. The fourth-order valence-corrected chi connectivity index (χ4v) is 4.95. The first-order valence-corrected chi connectivity index (χ1v) is 12.4. The van der Waals surface area contributed by atoms with Gasteiger partial charge in [-0.1, -0.05) is 0 Å². The SMILES string of the molecule is C[C@@H]1COC[C@@]2(C)COc3c(nc(C(=O)N4CC[C@@H](N)C4)nc3C(C)(C)S(C)(=O)=O)N12. The number of nitrogens with zero attached hydrogens (tertiary/aromatic N) is 4. The lowest BCUT2D eigenvalue weighted by Crippen LogP contribution is -2.64. The molecule has 3 aliphatic rings. The van der Waals surface area contributed by atoms with Gasteiger partial charge in [0.05, 0.1) is 24.8 Å². The van der Waals surface area contributed by atoms with Gasteiger partial charge in [0.15, 0.2) is 21.4 Å². The largest absolute Gasteiger partial charge is 0.485 e. The highest BCUT2D eigenvalue weighted by Crippen LogP contribution is 2.46. The van der Waals surface area contributed by atoms with E-state index in [1.807, 2.05) is 13.8 Å². The third kappa shape index (κ3) is 3.56. The topological polar surface area (TPSA) is 128 Å². The van der Waals surface area contributed by atoms with Gasteiger partial charge >= 0.3 is 0 Å². The summed E-state index contributed by atoms with van der Waals surface area (Å²) < 4.78 is 35.8. The highest BCUT2D eigenvalue weighted by Gasteiger charge is 2.49. The van der Waals surface area contributed by atoms with E-state index in [9.17, 15) is 13.2 Å². The Morgan fingerprint density at radius 2 is 2.00 bits per heavy atom. The Morgan fingerprint density at radius 3 is 2.61 bits per heavy atom. The molecule has 3 atom stereocenters. The Labute approximate surface area is 183 Å². The van der Waals surface area contributed by atoms with Crippen LogP contribution in [0, 0.1) is 0 Å². The zero-order chi connectivity index (χ0) is 22.8. The van der Waals surface area contributed by atoms with E-state index in [1.165, 1.54) is 0 Å². The van der Waals surface area contributed by atoms with Gasteiger partial charge in [-0.05, 0) is 34.1 Å². The summed E-state index contributed by atoms with van der Waals surface area (Å²) >= 11 is 0. The van der Waals surface area contributed by atoms with E-state index in [1.54, 1.807) is 18.7 Å². The number of anilines is 1. The summed E-state index contributed by atoms with van der Waals surface area (Å²) in [6, 6.07) is -0.118. The second-order valence-electron chi connectivity index (χ2n) is 9.65. The van der Waals surface area contributed by atoms with Crippen LogP contribution in [-0.2, 0) is 19.3 Å². The van der Waals surface area contributed by atoms with E-state index in [4.69, 9.17) is 15.2 Å². The van der Waals surface area contributed by atoms with Crippen LogP contribution in [0.15, 0.2) is 0 Å². The quantitative estimate of drug-likeness (QED) is 0.687. The highest BCUT2D eigenvalue weighted by atomic mass is 32.2. The summed E-state index contributed by atoms with van der Waals surface area (Å²) in [5, 5.41) is 0. The van der Waals surface area contributed by atoms with Crippen molar-refractivity contribution in [2.24, 2.45) is 5.73 Å². The van der Waals surface area contributed by atoms with E-state index < -0.39 is 20.1 Å². The summed E-state index contributed by atoms with van der Waals surface area (Å²) in [4.78, 5) is 26.0. The lowest BCUT2D eigenvalue weighted by molar-refractivity contribution is 0.00693. The number of morpholine rings is 1. The third-order valence-corrected chi connectivity index (χ3v) is 8.65. The van der Waals surface area contributed by atoms with Crippen molar-refractivity contribution in [2.75, 3.05) is 44.1 Å². The van der Waals surface area contributed by atoms with Crippen molar-refractivity contribution < 1.29 is 22.7 Å². The fourth-order valence-electron chi connectivity index (χ4n) is 4.46. The molecule has 0 spiro atoms. The molecule has 31 heavy (non-hydrogen) atoms. The molecule has 11 heteroatoms. The number of hydrogen-bond acceptors (Lipinski definition) is 9. The Bertz CT molecular complexity index is 1010. The first kappa shape index (κ1) is 22.2. The molecule has 1 aromatic rings. The number of fused-ring (bicyclic) bond motifs is 3. The first-order chi connectivity index (χ1) is 14.3. The number of hydrogen-bond donors (Lipinski definition) is 1. The minimum Gasteiger partial charge on any atom is -0.485 e. The Balaban J connectivity index is 1.91. The molecular formula is C20H31N5O5S. The van der Waals surface area contributed by atoms with Gasteiger partial charge < -0.3 is 25.0 Å². The molecule has 2 N–H and O–H groups in total. The minimum absolute atomic E-state index is 0.0337. The van der Waals surface area contributed by atoms with Crippen molar-refractivity contribution in [3.63, 3.8) is 0 Å². The molecule has 0 aliphatic carbocycles. The van der Waals surface area contributed by atoms with Gasteiger partial charge in [0.2, 0.25) is 5.82 Å². The maximum Gasteiger partial charge on any atom is 0.291 e. The number of likely N-dealkylation sites (tertiary alicyclic amines) is 1. The molecule has 3 aliphatic heterocycles. The summed E-state index contributed by atoms with van der Waals surface area (Å²) in [6.07, 6.45) is 1.87. The Hall–Kier alpha value is -1.98. The lowest BCUT2D eigenvalue weighted by atomic mass is 9.95. The molecule has 4 heterocycles. The highest BCUT2D eigenvalue weighted by molar-refractivity contribution is 7.91. The molecule has 2 saturated heterocycles. The lowest BCUT2D eigenvalue weighted by Gasteiger charge is -2.51. The molecule has 10 nitrogen and oxygen atoms in total. The Kier molecular flexibility index (Phi) is 5.22. The van der Waals surface area contributed by atoms with Gasteiger partial charge in [-0.15, -0.1) is 0 Å². The van der Waals surface area contributed by atoms with Crippen LogP contribution in [0.4, 0.5) is 5.82 Å². The molecule has 2 fully saturated rings. The molecule has 1 aromatic heterocycles. The van der Waals surface area contributed by atoms with Crippen molar-refractivity contribution in [3.05, 3.63) is 11.5 Å². The second-order valence-corrected chi connectivity index (χ2v) is 12.2. The van der Waals surface area contributed by atoms with Crippen LogP contribution in [-0.4, -0.2) is 86.0 Å². The van der Waals surface area contributed by atoms with Gasteiger partial charge in [0, 0.05) is 25.4 Å². The standard InChI is InChI=1S/C20H31N5O5S/c1-12-9-29-10-20(4)11-30-14-15(19(2,3)31(5,27)28)22-16(23-17(14)25(12)20)18(26)24-7-6-13(21)8-24/h12-13H,6-11,21H2,1-5H3/t12-,13-,20+/m1/s1. The summed E-state index contributed by atoms with van der Waals surface area (Å²) in [7, 11) is -3.58. The van der Waals surface area contributed by atoms with E-state index in [2.05, 4.69) is 14.9 Å². The maximum atomic E-state index is 13.2. The van der Waals surface area contributed by atoms with Crippen LogP contribution in [0.2, 0.25) is 0 Å². The molecule has 0 unspecified atom stereocenters. The van der Waals surface area contributed by atoms with Crippen LogP contribution in [0.3, 0.4) is 0 Å². The van der Waals surface area contributed by atoms with E-state index in [0.717, 1.165) is 6.26 Å². The summed E-state index contributed by atoms with van der Waals surface area (Å²) in [5.41, 5.74) is 5.69. The normalized spacial score (nSPS) is 28.7. The van der Waals surface area contributed by atoms with Gasteiger partial charge in [0.1, 0.15) is 17.0 Å². The van der Waals surface area contributed by atoms with E-state index >= 15 is 0 Å². The average molecular weight is 454 g/mol. The van der Waals surface area contributed by atoms with Crippen LogP contribution < -0.4 is 15.4 Å². The molecule has 0 radical (unpaired) electrons. The van der Waals surface area contributed by atoms with Crippen molar-refractivity contribution in [2.45, 2.75) is 56.5 Å². The van der Waals surface area contributed by atoms with Crippen LogP contribution >= 0.6 is 0 Å². The predicted molar refractivity (Wildman–Crippen MR) is 115 cm³/mol. The van der Waals surface area contributed by atoms with Crippen LogP contribution in [0.1, 0.15) is 50.4 Å². The first-order valence-electron chi connectivity index (χ1n) is 10.5. The van der Waals surface area contributed by atoms with E-state index in [-0.39, 0.29) is 29.5 Å². The van der Waals surface area contributed by atoms with Gasteiger partial charge in [0.25, 0.3) is 5.91 Å². The number of nitrogens with two attached hydrogens (primary N) is 1. The fraction of sp³-hybridized carbons (Fsp3) is 0.750. The number of carbonyl (C=O) groups is 1. The van der Waals surface area contributed by atoms with E-state index in [0.29, 0.717) is 50.9 Å². The van der Waals surface area contributed by atoms with Crippen molar-refractivity contribution >= 4 is 21.6 Å². The number of sulfone groups is 1. The molecule has 4 rings (SSSR count). The smallest absolute Gasteiger partial charge is 0.291 e. The maximum absolute atomic E-state index is 13.2. The van der Waals surface area contributed by atoms with Crippen LogP contribution in [0.5, 0.6) is 5.75 Å². The molecule has 0 aromatic carbocycles. The number of amides is 1. The zero-order valence-electron chi connectivity index (χ0n) is 18.7. The van der Waals surface area contributed by atoms with Crippen LogP contribution in [0.25, 0.3) is 0 Å². The van der Waals surface area contributed by atoms with Crippen molar-refractivity contribution in [1.82, 2.24) is 14.9 Å². The van der Waals surface area contributed by atoms with Gasteiger partial charge in [-0.2, -0.15) is 0 Å². The Morgan fingerprint density at radius 1 is 1.29 bits per heavy atom. The number of carbonyl (C=O) groups excluding carboxylic acids is 1. The van der Waals surface area contributed by atoms with Gasteiger partial charge in [-0.25, -0.2) is 18.4 Å². The monoisotopic (exact) mass is 453 g/mol. The van der Waals surface area contributed by atoms with Crippen molar-refractivity contribution in [3.8, 4) is 5.75 Å². The molecule has 0 bridgehead atoms. The van der Waals surface area contributed by atoms with Gasteiger partial charge in [-0.3, -0.25) is 4.79 Å². The molecule has 172 valence electrons. The minimum atomic E-state index is -3.58. The number of rotatable bonds is 3. The molecule has 0 saturated carbocycles. The number of ether oxygens (including phenoxy) is 2. The molecular weight excluding hydrogens is 422 g/mol.